The summed E-state index contributed by atoms with van der Waals surface area (Å²) in [7, 11) is 0. The quantitative estimate of drug-likeness (QED) is 0.866. The van der Waals surface area contributed by atoms with E-state index in [2.05, 4.69) is 38.8 Å². The van der Waals surface area contributed by atoms with Crippen molar-refractivity contribution in [3.8, 4) is 0 Å². The van der Waals surface area contributed by atoms with Gasteiger partial charge >= 0.3 is 0 Å². The minimum absolute atomic E-state index is 0.0504. The highest BCUT2D eigenvalue weighted by atomic mass is 32.1. The van der Waals surface area contributed by atoms with Crippen molar-refractivity contribution in [3.05, 3.63) is 53.0 Å². The summed E-state index contributed by atoms with van der Waals surface area (Å²) < 4.78 is 3.75. The van der Waals surface area contributed by atoms with E-state index in [0.717, 1.165) is 44.3 Å². The third kappa shape index (κ3) is 3.78. The van der Waals surface area contributed by atoms with Crippen LogP contribution < -0.4 is 0 Å². The highest BCUT2D eigenvalue weighted by Crippen LogP contribution is 2.10. The summed E-state index contributed by atoms with van der Waals surface area (Å²) in [6.45, 7) is 4.24. The van der Waals surface area contributed by atoms with Crippen LogP contribution in [0.4, 0.5) is 0 Å². The molecular weight excluding hydrogens is 296 g/mol. The molecule has 22 heavy (non-hydrogen) atoms. The van der Waals surface area contributed by atoms with Crippen LogP contribution in [0, 0.1) is 0 Å². The zero-order valence-corrected chi connectivity index (χ0v) is 13.1. The molecular formula is C16H18N4OS. The van der Waals surface area contributed by atoms with E-state index >= 15 is 0 Å². The smallest absolute Gasteiger partial charge is 0.267 e. The molecule has 0 radical (unpaired) electrons. The lowest BCUT2D eigenvalue weighted by Gasteiger charge is -2.33. The number of nitrogens with zero attached hydrogens (tertiary/aromatic N) is 4. The van der Waals surface area contributed by atoms with Crippen molar-refractivity contribution in [3.63, 3.8) is 0 Å². The normalized spacial score (nSPS) is 16.3. The van der Waals surface area contributed by atoms with Crippen molar-refractivity contribution in [2.75, 3.05) is 32.7 Å². The number of piperazine rings is 1. The molecule has 3 rings (SSSR count). The van der Waals surface area contributed by atoms with Gasteiger partial charge in [0.1, 0.15) is 4.88 Å². The number of carbonyl (C=O) groups is 1. The molecule has 114 valence electrons. The average Bonchev–Trinajstić information content (AvgIpc) is 3.10. The molecule has 0 spiro atoms. The van der Waals surface area contributed by atoms with Crippen molar-refractivity contribution in [1.82, 2.24) is 19.4 Å². The van der Waals surface area contributed by atoms with E-state index in [1.165, 1.54) is 5.56 Å². The lowest BCUT2D eigenvalue weighted by atomic mass is 10.2. The van der Waals surface area contributed by atoms with Crippen LogP contribution in [0.25, 0.3) is 6.08 Å². The van der Waals surface area contributed by atoms with Crippen LogP contribution in [0.1, 0.15) is 15.2 Å². The Balaban J connectivity index is 1.46. The lowest BCUT2D eigenvalue weighted by Crippen LogP contribution is -2.48. The average molecular weight is 314 g/mol. The standard InChI is InChI=1S/C16H18N4OS/c21-16(15-13-17-18-22-15)20-11-9-19(10-12-20)8-4-7-14-5-2-1-3-6-14/h1-7,13H,8-12H2/b7-4+. The maximum atomic E-state index is 12.2. The summed E-state index contributed by atoms with van der Waals surface area (Å²) in [5.74, 6) is 0.0504. The van der Waals surface area contributed by atoms with E-state index in [0.29, 0.717) is 4.88 Å². The number of hydrogen-bond donors (Lipinski definition) is 0. The first-order chi connectivity index (χ1) is 10.8. The number of benzene rings is 1. The maximum absolute atomic E-state index is 12.2. The lowest BCUT2D eigenvalue weighted by molar-refractivity contribution is 0.0655. The van der Waals surface area contributed by atoms with Gasteiger partial charge in [0.25, 0.3) is 5.91 Å². The van der Waals surface area contributed by atoms with Gasteiger partial charge in [-0.2, -0.15) is 0 Å². The molecule has 1 aromatic carbocycles. The van der Waals surface area contributed by atoms with Crippen LogP contribution in [0.3, 0.4) is 0 Å². The molecule has 0 aliphatic carbocycles. The molecule has 0 bridgehead atoms. The van der Waals surface area contributed by atoms with Gasteiger partial charge in [0.15, 0.2) is 0 Å². The van der Waals surface area contributed by atoms with E-state index in [1.807, 2.05) is 23.1 Å². The molecule has 0 N–H and O–H groups in total. The molecule has 1 aromatic heterocycles. The SMILES string of the molecule is O=C(c1cnns1)N1CCN(C/C=C/c2ccccc2)CC1. The monoisotopic (exact) mass is 314 g/mol. The summed E-state index contributed by atoms with van der Waals surface area (Å²) in [6, 6.07) is 10.3. The van der Waals surface area contributed by atoms with E-state index < -0.39 is 0 Å². The van der Waals surface area contributed by atoms with Gasteiger partial charge in [-0.05, 0) is 17.1 Å². The molecule has 1 saturated heterocycles. The Morgan fingerprint density at radius 3 is 2.64 bits per heavy atom. The summed E-state index contributed by atoms with van der Waals surface area (Å²) in [6.07, 6.45) is 5.86. The molecule has 0 saturated carbocycles. The van der Waals surface area contributed by atoms with E-state index in [1.54, 1.807) is 6.20 Å². The third-order valence-corrected chi connectivity index (χ3v) is 4.36. The van der Waals surface area contributed by atoms with Crippen molar-refractivity contribution in [2.45, 2.75) is 0 Å². The minimum Gasteiger partial charge on any atom is -0.335 e. The zero-order chi connectivity index (χ0) is 15.2. The van der Waals surface area contributed by atoms with Gasteiger partial charge in [0.05, 0.1) is 6.20 Å². The summed E-state index contributed by atoms with van der Waals surface area (Å²) >= 11 is 1.16. The molecule has 1 aliphatic heterocycles. The van der Waals surface area contributed by atoms with E-state index in [-0.39, 0.29) is 5.91 Å². The molecule has 5 nitrogen and oxygen atoms in total. The van der Waals surface area contributed by atoms with E-state index in [9.17, 15) is 4.79 Å². The molecule has 1 fully saturated rings. The first-order valence-electron chi connectivity index (χ1n) is 7.33. The number of rotatable bonds is 4. The summed E-state index contributed by atoms with van der Waals surface area (Å²) in [5.41, 5.74) is 1.22. The second-order valence-electron chi connectivity index (χ2n) is 5.19. The van der Waals surface area contributed by atoms with Gasteiger partial charge in [0, 0.05) is 32.7 Å². The second-order valence-corrected chi connectivity index (χ2v) is 5.97. The third-order valence-electron chi connectivity index (χ3n) is 3.71. The Labute approximate surface area is 134 Å². The Kier molecular flexibility index (Phi) is 4.92. The predicted octanol–water partition coefficient (Wildman–Crippen LogP) is 2.01. The molecule has 0 unspecified atom stereocenters. The van der Waals surface area contributed by atoms with E-state index in [4.69, 9.17) is 0 Å². The highest BCUT2D eigenvalue weighted by molar-refractivity contribution is 7.07. The van der Waals surface area contributed by atoms with Gasteiger partial charge in [-0.15, -0.1) is 5.10 Å². The van der Waals surface area contributed by atoms with Crippen molar-refractivity contribution in [2.24, 2.45) is 0 Å². The highest BCUT2D eigenvalue weighted by Gasteiger charge is 2.22. The fourth-order valence-corrected chi connectivity index (χ4v) is 2.94. The molecule has 1 aliphatic rings. The summed E-state index contributed by atoms with van der Waals surface area (Å²) in [4.78, 5) is 17.0. The summed E-state index contributed by atoms with van der Waals surface area (Å²) in [5, 5.41) is 3.72. The molecule has 2 aromatic rings. The van der Waals surface area contributed by atoms with Crippen LogP contribution in [0.15, 0.2) is 42.6 Å². The second kappa shape index (κ2) is 7.29. The fourth-order valence-electron chi connectivity index (χ4n) is 2.45. The van der Waals surface area contributed by atoms with Crippen LogP contribution in [-0.4, -0.2) is 58.0 Å². The van der Waals surface area contributed by atoms with Gasteiger partial charge in [0.2, 0.25) is 0 Å². The molecule has 1 amide bonds. The molecule has 6 heteroatoms. The van der Waals surface area contributed by atoms with Gasteiger partial charge < -0.3 is 4.90 Å². The Morgan fingerprint density at radius 2 is 1.95 bits per heavy atom. The van der Waals surface area contributed by atoms with Crippen LogP contribution in [-0.2, 0) is 0 Å². The fraction of sp³-hybridized carbons (Fsp3) is 0.312. The zero-order valence-electron chi connectivity index (χ0n) is 12.3. The first-order valence-corrected chi connectivity index (χ1v) is 8.11. The number of carbonyl (C=O) groups excluding carboxylic acids is 1. The van der Waals surface area contributed by atoms with Crippen LogP contribution in [0.2, 0.25) is 0 Å². The van der Waals surface area contributed by atoms with Gasteiger partial charge in [-0.25, -0.2) is 0 Å². The van der Waals surface area contributed by atoms with Crippen LogP contribution in [0.5, 0.6) is 0 Å². The molecule has 2 heterocycles. The molecule has 0 atom stereocenters. The van der Waals surface area contributed by atoms with Gasteiger partial charge in [-0.3, -0.25) is 9.69 Å². The van der Waals surface area contributed by atoms with Crippen LogP contribution >= 0.6 is 11.5 Å². The Morgan fingerprint density at radius 1 is 1.18 bits per heavy atom. The Bertz CT molecular complexity index is 619. The van der Waals surface area contributed by atoms with Gasteiger partial charge in [-0.1, -0.05) is 47.0 Å². The number of aromatic nitrogens is 2. The van der Waals surface area contributed by atoms with Crippen molar-refractivity contribution in [1.29, 1.82) is 0 Å². The number of hydrogen-bond acceptors (Lipinski definition) is 5. The largest absolute Gasteiger partial charge is 0.335 e. The Hall–Kier alpha value is -2.05. The van der Waals surface area contributed by atoms with Crippen molar-refractivity contribution >= 4 is 23.5 Å². The predicted molar refractivity (Wildman–Crippen MR) is 87.7 cm³/mol. The maximum Gasteiger partial charge on any atom is 0.267 e. The minimum atomic E-state index is 0.0504. The van der Waals surface area contributed by atoms with Crippen molar-refractivity contribution < 1.29 is 4.79 Å². The number of amides is 1. The topological polar surface area (TPSA) is 49.3 Å². The first kappa shape index (κ1) is 14.9.